The molecule has 4 rings (SSSR count). The number of carbonyl (C=O) groups is 1. The van der Waals surface area contributed by atoms with Gasteiger partial charge in [-0.05, 0) is 63.1 Å². The van der Waals surface area contributed by atoms with Gasteiger partial charge in [-0.2, -0.15) is 9.41 Å². The fourth-order valence-electron chi connectivity index (χ4n) is 4.46. The van der Waals surface area contributed by atoms with E-state index in [2.05, 4.69) is 0 Å². The fraction of sp³-hybridized carbons (Fsp3) is 0.417. The molecule has 2 aromatic rings. The van der Waals surface area contributed by atoms with E-state index in [0.29, 0.717) is 35.1 Å². The summed E-state index contributed by atoms with van der Waals surface area (Å²) in [5.41, 5.74) is 0.542. The molecule has 188 valence electrons. The highest BCUT2D eigenvalue weighted by Gasteiger charge is 2.47. The van der Waals surface area contributed by atoms with Crippen LogP contribution in [0, 0.1) is 5.41 Å². The highest BCUT2D eigenvalue weighted by atomic mass is 35.5. The van der Waals surface area contributed by atoms with Gasteiger partial charge < -0.3 is 9.47 Å². The summed E-state index contributed by atoms with van der Waals surface area (Å²) in [5, 5.41) is 6.65. The monoisotopic (exact) mass is 539 g/mol. The first-order valence-corrected chi connectivity index (χ1v) is 13.3. The van der Waals surface area contributed by atoms with E-state index in [0.717, 1.165) is 5.56 Å². The van der Waals surface area contributed by atoms with Gasteiger partial charge in [-0.3, -0.25) is 4.79 Å². The molecule has 1 fully saturated rings. The van der Waals surface area contributed by atoms with Gasteiger partial charge in [0.15, 0.2) is 11.5 Å². The third-order valence-corrected chi connectivity index (χ3v) is 9.10. The minimum atomic E-state index is -3.81. The highest BCUT2D eigenvalue weighted by molar-refractivity contribution is 7.89. The maximum atomic E-state index is 13.4. The van der Waals surface area contributed by atoms with Crippen molar-refractivity contribution < 1.29 is 22.7 Å². The number of amides is 1. The zero-order valence-corrected chi connectivity index (χ0v) is 22.2. The number of halogens is 2. The molecular weight excluding hydrogens is 513 g/mol. The molecule has 0 aromatic heterocycles. The van der Waals surface area contributed by atoms with Crippen LogP contribution in [0.1, 0.15) is 32.3 Å². The Hall–Kier alpha value is -2.33. The van der Waals surface area contributed by atoms with E-state index < -0.39 is 15.4 Å². The van der Waals surface area contributed by atoms with Crippen molar-refractivity contribution in [1.82, 2.24) is 9.31 Å². The highest BCUT2D eigenvalue weighted by Crippen LogP contribution is 2.38. The summed E-state index contributed by atoms with van der Waals surface area (Å²) in [6, 6.07) is 9.59. The van der Waals surface area contributed by atoms with Crippen LogP contribution >= 0.6 is 23.2 Å². The third kappa shape index (κ3) is 4.62. The Morgan fingerprint density at radius 3 is 2.29 bits per heavy atom. The van der Waals surface area contributed by atoms with E-state index in [4.69, 9.17) is 37.8 Å². The molecule has 0 spiro atoms. The van der Waals surface area contributed by atoms with E-state index >= 15 is 0 Å². The quantitative estimate of drug-likeness (QED) is 0.541. The second kappa shape index (κ2) is 9.61. The van der Waals surface area contributed by atoms with Gasteiger partial charge in [-0.25, -0.2) is 13.4 Å². The molecule has 8 nitrogen and oxygen atoms in total. The van der Waals surface area contributed by atoms with Crippen molar-refractivity contribution >= 4 is 44.8 Å². The Morgan fingerprint density at radius 1 is 1.00 bits per heavy atom. The number of hydrogen-bond donors (Lipinski definition) is 0. The second-order valence-corrected chi connectivity index (χ2v) is 11.8. The van der Waals surface area contributed by atoms with Gasteiger partial charge in [0.25, 0.3) is 5.91 Å². The summed E-state index contributed by atoms with van der Waals surface area (Å²) in [6.07, 6.45) is 0.893. The first-order chi connectivity index (χ1) is 16.5. The maximum absolute atomic E-state index is 13.4. The Morgan fingerprint density at radius 2 is 1.66 bits per heavy atom. The van der Waals surface area contributed by atoms with Gasteiger partial charge in [0.05, 0.1) is 36.4 Å². The number of methoxy groups -OCH3 is 2. The lowest BCUT2D eigenvalue weighted by atomic mass is 9.83. The van der Waals surface area contributed by atoms with Crippen LogP contribution in [-0.4, -0.2) is 62.7 Å². The molecule has 0 radical (unpaired) electrons. The second-order valence-electron chi connectivity index (χ2n) is 9.00. The largest absolute Gasteiger partial charge is 0.493 e. The van der Waals surface area contributed by atoms with E-state index in [1.807, 2.05) is 19.9 Å². The first-order valence-electron chi connectivity index (χ1n) is 11.1. The Labute approximate surface area is 215 Å². The first kappa shape index (κ1) is 25.8. The number of rotatable bonds is 6. The number of hydrazone groups is 1. The summed E-state index contributed by atoms with van der Waals surface area (Å²) in [6.45, 7) is 4.15. The summed E-state index contributed by atoms with van der Waals surface area (Å²) in [4.78, 5) is 13.3. The van der Waals surface area contributed by atoms with Crippen LogP contribution in [-0.2, 0) is 14.8 Å². The average molecular weight is 540 g/mol. The Kier molecular flexibility index (Phi) is 7.07. The zero-order valence-electron chi connectivity index (χ0n) is 19.9. The molecule has 0 N–H and O–H groups in total. The number of sulfonamides is 1. The molecule has 0 unspecified atom stereocenters. The van der Waals surface area contributed by atoms with E-state index in [9.17, 15) is 13.2 Å². The van der Waals surface area contributed by atoms with Gasteiger partial charge in [0.2, 0.25) is 10.0 Å². The minimum absolute atomic E-state index is 0.0164. The molecule has 2 aromatic carbocycles. The summed E-state index contributed by atoms with van der Waals surface area (Å²) in [7, 11) is -0.698. The lowest BCUT2D eigenvalue weighted by molar-refractivity contribution is -0.137. The number of nitrogens with zero attached hydrogens (tertiary/aromatic N) is 3. The van der Waals surface area contributed by atoms with Crippen molar-refractivity contribution in [3.05, 3.63) is 52.0 Å². The van der Waals surface area contributed by atoms with Crippen LogP contribution in [0.4, 0.5) is 0 Å². The van der Waals surface area contributed by atoms with Gasteiger partial charge in [-0.1, -0.05) is 23.2 Å². The summed E-state index contributed by atoms with van der Waals surface area (Å²) >= 11 is 12.1. The molecule has 1 saturated heterocycles. The Balaban J connectivity index is 1.55. The number of carbonyl (C=O) groups excluding carboxylic acids is 1. The minimum Gasteiger partial charge on any atom is -0.493 e. The molecule has 35 heavy (non-hydrogen) atoms. The van der Waals surface area contributed by atoms with Crippen molar-refractivity contribution in [1.29, 1.82) is 0 Å². The molecule has 2 aliphatic rings. The number of hydrogen-bond acceptors (Lipinski definition) is 6. The average Bonchev–Trinajstić information content (AvgIpc) is 3.08. The van der Waals surface area contributed by atoms with Crippen molar-refractivity contribution in [2.45, 2.75) is 37.6 Å². The van der Waals surface area contributed by atoms with Crippen LogP contribution in [0.5, 0.6) is 11.5 Å². The molecule has 0 bridgehead atoms. The number of benzene rings is 2. The predicted octanol–water partition coefficient (Wildman–Crippen LogP) is 4.44. The van der Waals surface area contributed by atoms with Crippen molar-refractivity contribution in [2.24, 2.45) is 10.5 Å². The lowest BCUT2D eigenvalue weighted by Gasteiger charge is -2.35. The van der Waals surface area contributed by atoms with Crippen LogP contribution < -0.4 is 9.47 Å². The smallest absolute Gasteiger partial charge is 0.254 e. The van der Waals surface area contributed by atoms with Crippen LogP contribution in [0.2, 0.25) is 10.0 Å². The van der Waals surface area contributed by atoms with Gasteiger partial charge in [0.1, 0.15) is 4.90 Å². The molecular formula is C24H27Cl2N3O5S. The van der Waals surface area contributed by atoms with Crippen molar-refractivity contribution in [3.63, 3.8) is 0 Å². The van der Waals surface area contributed by atoms with E-state index in [1.165, 1.54) is 21.4 Å². The predicted molar refractivity (Wildman–Crippen MR) is 135 cm³/mol. The van der Waals surface area contributed by atoms with E-state index in [1.54, 1.807) is 32.4 Å². The van der Waals surface area contributed by atoms with Gasteiger partial charge in [-0.15, -0.1) is 0 Å². The van der Waals surface area contributed by atoms with Gasteiger partial charge in [0, 0.05) is 23.7 Å². The SMILES string of the molecule is COc1ccc(C2=NN(C3CCN(S(=O)(=O)c4cc(Cl)ccc4Cl)CC3)C(=O)C2(C)C)cc1OC. The molecule has 2 aliphatic heterocycles. The lowest BCUT2D eigenvalue weighted by Crippen LogP contribution is -2.47. The van der Waals surface area contributed by atoms with Crippen LogP contribution in [0.15, 0.2) is 46.4 Å². The number of piperidine rings is 1. The molecule has 0 saturated carbocycles. The third-order valence-electron chi connectivity index (χ3n) is 6.48. The molecule has 11 heteroatoms. The Bertz CT molecular complexity index is 1290. The molecule has 2 heterocycles. The van der Waals surface area contributed by atoms with Crippen molar-refractivity contribution in [3.8, 4) is 11.5 Å². The molecule has 1 amide bonds. The van der Waals surface area contributed by atoms with Crippen molar-refractivity contribution in [2.75, 3.05) is 27.3 Å². The van der Waals surface area contributed by atoms with Gasteiger partial charge >= 0.3 is 0 Å². The summed E-state index contributed by atoms with van der Waals surface area (Å²) in [5.74, 6) is 1.01. The van der Waals surface area contributed by atoms with Crippen LogP contribution in [0.3, 0.4) is 0 Å². The fourth-order valence-corrected chi connectivity index (χ4v) is 6.66. The number of ether oxygens (including phenoxy) is 2. The van der Waals surface area contributed by atoms with E-state index in [-0.39, 0.29) is 35.0 Å². The standard InChI is InChI=1S/C24H27Cl2N3O5S/c1-24(2)22(15-5-8-19(33-3)20(13-15)34-4)27-29(23(24)30)17-9-11-28(12-10-17)35(31,32)21-14-16(25)6-7-18(21)26/h5-8,13-14,17H,9-12H2,1-4H3. The topological polar surface area (TPSA) is 88.5 Å². The normalized spacial score (nSPS) is 19.1. The maximum Gasteiger partial charge on any atom is 0.254 e. The summed E-state index contributed by atoms with van der Waals surface area (Å²) < 4.78 is 38.4. The molecule has 0 atom stereocenters. The molecule has 0 aliphatic carbocycles. The van der Waals surface area contributed by atoms with Crippen LogP contribution in [0.25, 0.3) is 0 Å². The zero-order chi connectivity index (χ0) is 25.5.